The minimum absolute atomic E-state index is 0.206. The molecule has 27 heavy (non-hydrogen) atoms. The summed E-state index contributed by atoms with van der Waals surface area (Å²) in [6.07, 6.45) is 2.89. The van der Waals surface area contributed by atoms with Gasteiger partial charge in [0.25, 0.3) is 19.4 Å². The van der Waals surface area contributed by atoms with Crippen LogP contribution in [0, 0.1) is 0 Å². The molecule has 3 rings (SSSR count). The first-order valence-electron chi connectivity index (χ1n) is 7.49. The second-order valence-corrected chi connectivity index (χ2v) is 4.97. The van der Waals surface area contributed by atoms with Gasteiger partial charge in [-0.2, -0.15) is 0 Å². The zero-order valence-electron chi connectivity index (χ0n) is 13.6. The molecule has 0 aromatic carbocycles. The van der Waals surface area contributed by atoms with E-state index in [2.05, 4.69) is 15.0 Å². The molecule has 0 saturated heterocycles. The fourth-order valence-electron chi connectivity index (χ4n) is 2.25. The van der Waals surface area contributed by atoms with Crippen molar-refractivity contribution in [3.63, 3.8) is 0 Å². The number of nitrogens with zero attached hydrogens (tertiary/aromatic N) is 3. The topological polar surface area (TPSA) is 118 Å². The van der Waals surface area contributed by atoms with Crippen molar-refractivity contribution in [3.05, 3.63) is 48.8 Å². The summed E-state index contributed by atoms with van der Waals surface area (Å²) in [7, 11) is 0. The van der Waals surface area contributed by atoms with Crippen molar-refractivity contribution in [2.45, 2.75) is 0 Å². The third-order valence-corrected chi connectivity index (χ3v) is 3.34. The maximum Gasteiger partial charge on any atom is 0.298 e. The molecule has 0 bridgehead atoms. The predicted octanol–water partition coefficient (Wildman–Crippen LogP) is 1.81. The molecule has 0 saturated carbocycles. The first-order chi connectivity index (χ1) is 13.2. The molecule has 3 aromatic rings. The molecule has 3 heterocycles. The van der Waals surface area contributed by atoms with Gasteiger partial charge in [-0.25, -0.2) is 4.98 Å². The summed E-state index contributed by atoms with van der Waals surface area (Å²) < 4.78 is 14.5. The SMILES string of the molecule is O=COc1ccnc(-c2cc(OC=O)cc(-c3cc(OC=O)ccn3)n2)c1. The van der Waals surface area contributed by atoms with E-state index in [1.807, 2.05) is 0 Å². The molecule has 0 fully saturated rings. The number of pyridine rings is 3. The molecule has 134 valence electrons. The Morgan fingerprint density at radius 3 is 1.44 bits per heavy atom. The molecule has 9 heteroatoms. The van der Waals surface area contributed by atoms with Gasteiger partial charge in [-0.3, -0.25) is 24.4 Å². The van der Waals surface area contributed by atoms with Crippen LogP contribution in [0.15, 0.2) is 48.8 Å². The molecule has 9 nitrogen and oxygen atoms in total. The van der Waals surface area contributed by atoms with E-state index in [9.17, 15) is 14.4 Å². The monoisotopic (exact) mass is 365 g/mol. The largest absolute Gasteiger partial charge is 0.429 e. The molecule has 0 aliphatic rings. The van der Waals surface area contributed by atoms with Crippen LogP contribution in [0.25, 0.3) is 22.8 Å². The Morgan fingerprint density at radius 2 is 1.00 bits per heavy atom. The zero-order valence-corrected chi connectivity index (χ0v) is 13.6. The van der Waals surface area contributed by atoms with Crippen LogP contribution in [0.3, 0.4) is 0 Å². The van der Waals surface area contributed by atoms with Crippen molar-refractivity contribution in [3.8, 4) is 40.0 Å². The second kappa shape index (κ2) is 8.30. The Morgan fingerprint density at radius 1 is 0.593 bits per heavy atom. The van der Waals surface area contributed by atoms with Gasteiger partial charge in [0.1, 0.15) is 17.2 Å². The lowest BCUT2D eigenvalue weighted by molar-refractivity contribution is -0.121. The van der Waals surface area contributed by atoms with Gasteiger partial charge in [0, 0.05) is 36.7 Å². The van der Waals surface area contributed by atoms with Crippen molar-refractivity contribution in [1.29, 1.82) is 0 Å². The standard InChI is InChI=1S/C18H11N3O6/c22-9-25-12-1-3-19-15(5-12)17-7-14(27-11-24)8-18(21-17)16-6-13(26-10-23)2-4-20-16/h1-11H. The molecular weight excluding hydrogens is 354 g/mol. The van der Waals surface area contributed by atoms with Crippen LogP contribution in [-0.4, -0.2) is 34.4 Å². The molecule has 0 N–H and O–H groups in total. The molecule has 0 amide bonds. The number of carbonyl (C=O) groups is 3. The normalized spacial score (nSPS) is 9.93. The van der Waals surface area contributed by atoms with Crippen LogP contribution < -0.4 is 14.2 Å². The number of carbonyl (C=O) groups excluding carboxylic acids is 3. The summed E-state index contributed by atoms with van der Waals surface area (Å²) in [5.41, 5.74) is 1.47. The fraction of sp³-hybridized carbons (Fsp3) is 0. The summed E-state index contributed by atoms with van der Waals surface area (Å²) >= 11 is 0. The van der Waals surface area contributed by atoms with Crippen LogP contribution in [-0.2, 0) is 14.4 Å². The Kier molecular flexibility index (Phi) is 5.43. The number of ether oxygens (including phenoxy) is 3. The van der Waals surface area contributed by atoms with Crippen molar-refractivity contribution in [2.24, 2.45) is 0 Å². The zero-order chi connectivity index (χ0) is 19.1. The first-order valence-corrected chi connectivity index (χ1v) is 7.49. The highest BCUT2D eigenvalue weighted by atomic mass is 16.5. The summed E-state index contributed by atoms with van der Waals surface area (Å²) in [4.78, 5) is 44.6. The van der Waals surface area contributed by atoms with Crippen LogP contribution >= 0.6 is 0 Å². The van der Waals surface area contributed by atoms with Crippen LogP contribution in [0.5, 0.6) is 17.2 Å². The van der Waals surface area contributed by atoms with E-state index in [1.165, 1.54) is 48.8 Å². The minimum Gasteiger partial charge on any atom is -0.429 e. The Balaban J connectivity index is 2.09. The van der Waals surface area contributed by atoms with Crippen molar-refractivity contribution in [1.82, 2.24) is 15.0 Å². The predicted molar refractivity (Wildman–Crippen MR) is 90.8 cm³/mol. The van der Waals surface area contributed by atoms with Crippen molar-refractivity contribution in [2.75, 3.05) is 0 Å². The van der Waals surface area contributed by atoms with E-state index in [-0.39, 0.29) is 23.7 Å². The van der Waals surface area contributed by atoms with E-state index in [0.29, 0.717) is 35.7 Å². The van der Waals surface area contributed by atoms with Gasteiger partial charge in [-0.05, 0) is 12.1 Å². The molecular formula is C18H11N3O6. The van der Waals surface area contributed by atoms with Gasteiger partial charge >= 0.3 is 0 Å². The Bertz CT molecular complexity index is 921. The molecule has 0 unspecified atom stereocenters. The first kappa shape index (κ1) is 17.7. The molecule has 3 aromatic heterocycles. The summed E-state index contributed by atoms with van der Waals surface area (Å²) in [6.45, 7) is 0.875. The fourth-order valence-corrected chi connectivity index (χ4v) is 2.25. The van der Waals surface area contributed by atoms with Gasteiger partial charge in [-0.15, -0.1) is 0 Å². The molecule has 0 spiro atoms. The number of aromatic nitrogens is 3. The average molecular weight is 365 g/mol. The van der Waals surface area contributed by atoms with Crippen molar-refractivity contribution < 1.29 is 28.6 Å². The average Bonchev–Trinajstić information content (AvgIpc) is 2.69. The highest BCUT2D eigenvalue weighted by molar-refractivity contribution is 5.67. The van der Waals surface area contributed by atoms with Gasteiger partial charge < -0.3 is 14.2 Å². The molecule has 0 radical (unpaired) electrons. The smallest absolute Gasteiger partial charge is 0.298 e. The van der Waals surface area contributed by atoms with E-state index in [4.69, 9.17) is 14.2 Å². The number of rotatable bonds is 8. The van der Waals surface area contributed by atoms with Crippen LogP contribution in [0.1, 0.15) is 0 Å². The lowest BCUT2D eigenvalue weighted by Crippen LogP contribution is -1.97. The van der Waals surface area contributed by atoms with Gasteiger partial charge in [0.2, 0.25) is 0 Å². The lowest BCUT2D eigenvalue weighted by Gasteiger charge is -2.08. The third-order valence-electron chi connectivity index (χ3n) is 3.34. The van der Waals surface area contributed by atoms with E-state index in [0.717, 1.165) is 0 Å². The van der Waals surface area contributed by atoms with Gasteiger partial charge in [0.15, 0.2) is 0 Å². The van der Waals surface area contributed by atoms with Gasteiger partial charge in [-0.1, -0.05) is 0 Å². The summed E-state index contributed by atoms with van der Waals surface area (Å²) in [5, 5.41) is 0. The van der Waals surface area contributed by atoms with E-state index in [1.54, 1.807) is 0 Å². The number of hydrogen-bond acceptors (Lipinski definition) is 9. The lowest BCUT2D eigenvalue weighted by atomic mass is 10.1. The van der Waals surface area contributed by atoms with Crippen LogP contribution in [0.4, 0.5) is 0 Å². The molecule has 0 atom stereocenters. The van der Waals surface area contributed by atoms with E-state index >= 15 is 0 Å². The highest BCUT2D eigenvalue weighted by Crippen LogP contribution is 2.29. The van der Waals surface area contributed by atoms with Crippen molar-refractivity contribution >= 4 is 19.4 Å². The number of hydrogen-bond donors (Lipinski definition) is 0. The summed E-state index contributed by atoms with van der Waals surface area (Å²) in [6, 6.07) is 9.02. The van der Waals surface area contributed by atoms with Crippen LogP contribution in [0.2, 0.25) is 0 Å². The summed E-state index contributed by atoms with van der Waals surface area (Å²) in [5.74, 6) is 0.760. The highest BCUT2D eigenvalue weighted by Gasteiger charge is 2.12. The Labute approximate surface area is 152 Å². The minimum atomic E-state index is 0.206. The third kappa shape index (κ3) is 4.28. The maximum atomic E-state index is 10.8. The van der Waals surface area contributed by atoms with Gasteiger partial charge in [0.05, 0.1) is 22.8 Å². The maximum absolute atomic E-state index is 10.8. The van der Waals surface area contributed by atoms with E-state index < -0.39 is 0 Å². The Hall–Kier alpha value is -4.14. The molecule has 0 aliphatic heterocycles. The quantitative estimate of drug-likeness (QED) is 0.551. The molecule has 0 aliphatic carbocycles. The second-order valence-electron chi connectivity index (χ2n) is 4.97.